The molecule has 0 bridgehead atoms. The smallest absolute Gasteiger partial charge is 0.283 e. The van der Waals surface area contributed by atoms with Crippen molar-refractivity contribution in [3.63, 3.8) is 0 Å². The van der Waals surface area contributed by atoms with E-state index in [0.717, 1.165) is 16.6 Å². The van der Waals surface area contributed by atoms with E-state index in [2.05, 4.69) is 10.3 Å². The van der Waals surface area contributed by atoms with Gasteiger partial charge in [0.15, 0.2) is 0 Å². The molecule has 0 fully saturated rings. The summed E-state index contributed by atoms with van der Waals surface area (Å²) in [7, 11) is 0. The third-order valence-electron chi connectivity index (χ3n) is 3.10. The summed E-state index contributed by atoms with van der Waals surface area (Å²) in [5.41, 5.74) is 8.01. The number of H-pyrrole nitrogens is 1. The second-order valence-electron chi connectivity index (χ2n) is 4.50. The van der Waals surface area contributed by atoms with E-state index in [1.54, 1.807) is 6.07 Å². The lowest BCUT2D eigenvalue weighted by Gasteiger charge is -2.05. The summed E-state index contributed by atoms with van der Waals surface area (Å²) in [5, 5.41) is 3.77. The first-order valence-corrected chi connectivity index (χ1v) is 6.31. The summed E-state index contributed by atoms with van der Waals surface area (Å²) in [6.45, 7) is 0. The number of nitrogens with one attached hydrogen (secondary N) is 2. The van der Waals surface area contributed by atoms with Crippen molar-refractivity contribution in [3.8, 4) is 0 Å². The Bertz CT molecular complexity index is 769. The van der Waals surface area contributed by atoms with Gasteiger partial charge in [0, 0.05) is 11.1 Å². The molecule has 4 N–H and O–H groups in total. The molecule has 1 amide bonds. The Morgan fingerprint density at radius 3 is 2.50 bits per heavy atom. The average molecular weight is 264 g/mol. The van der Waals surface area contributed by atoms with Gasteiger partial charge in [-0.05, 0) is 24.3 Å². The maximum atomic E-state index is 12.3. The molecule has 0 spiro atoms. The Labute approximate surface area is 116 Å². The number of carbonyl (C=O) groups is 1. The Balaban J connectivity index is 1.97. The van der Waals surface area contributed by atoms with E-state index < -0.39 is 0 Å². The fourth-order valence-corrected chi connectivity index (χ4v) is 2.09. The molecule has 0 aliphatic heterocycles. The van der Waals surface area contributed by atoms with Crippen LogP contribution in [-0.4, -0.2) is 5.91 Å². The number of nitrogens with two attached hydrogens (primary N) is 1. The number of carbonyl (C=O) groups excluding carboxylic acids is 1. The number of nitrogen functional groups attached to an aromatic ring is 1. The molecule has 2 aromatic carbocycles. The van der Waals surface area contributed by atoms with E-state index in [-0.39, 0.29) is 5.91 Å². The van der Waals surface area contributed by atoms with Crippen LogP contribution in [0.3, 0.4) is 0 Å². The molecule has 1 heterocycles. The summed E-state index contributed by atoms with van der Waals surface area (Å²) in [4.78, 5) is 15.3. The highest BCUT2D eigenvalue weighted by atomic mass is 16.1. The van der Waals surface area contributed by atoms with E-state index in [9.17, 15) is 4.79 Å². The summed E-state index contributed by atoms with van der Waals surface area (Å²) in [6, 6.07) is 18.8. The number of fused-ring (bicyclic) bond motifs is 1. The van der Waals surface area contributed by atoms with E-state index in [1.807, 2.05) is 54.6 Å². The average Bonchev–Trinajstić information content (AvgIpc) is 2.47. The van der Waals surface area contributed by atoms with Crippen LogP contribution in [0.5, 0.6) is 0 Å². The van der Waals surface area contributed by atoms with E-state index in [1.165, 1.54) is 0 Å². The SMILES string of the molecule is Nc1[nH+]c2ccccc2cc1C(=O)Nc1ccccc1. The van der Waals surface area contributed by atoms with Gasteiger partial charge in [-0.3, -0.25) is 10.5 Å². The van der Waals surface area contributed by atoms with Crippen molar-refractivity contribution in [2.45, 2.75) is 0 Å². The van der Waals surface area contributed by atoms with Crippen molar-refractivity contribution in [1.29, 1.82) is 0 Å². The summed E-state index contributed by atoms with van der Waals surface area (Å²) < 4.78 is 0. The molecule has 0 unspecified atom stereocenters. The molecule has 3 rings (SSSR count). The minimum atomic E-state index is -0.226. The normalized spacial score (nSPS) is 10.4. The van der Waals surface area contributed by atoms with Gasteiger partial charge in [0.25, 0.3) is 11.7 Å². The van der Waals surface area contributed by atoms with Gasteiger partial charge >= 0.3 is 0 Å². The lowest BCUT2D eigenvalue weighted by Crippen LogP contribution is -2.21. The second-order valence-corrected chi connectivity index (χ2v) is 4.50. The van der Waals surface area contributed by atoms with Crippen molar-refractivity contribution in [2.75, 3.05) is 11.1 Å². The molecule has 0 saturated carbocycles. The summed E-state index contributed by atoms with van der Waals surface area (Å²) >= 11 is 0. The number of rotatable bonds is 2. The summed E-state index contributed by atoms with van der Waals surface area (Å²) in [5.74, 6) is 0.132. The fourth-order valence-electron chi connectivity index (χ4n) is 2.09. The van der Waals surface area contributed by atoms with Crippen LogP contribution < -0.4 is 16.0 Å². The van der Waals surface area contributed by atoms with Crippen molar-refractivity contribution in [1.82, 2.24) is 0 Å². The van der Waals surface area contributed by atoms with Crippen LogP contribution >= 0.6 is 0 Å². The number of amides is 1. The molecule has 1 aromatic heterocycles. The van der Waals surface area contributed by atoms with E-state index >= 15 is 0 Å². The van der Waals surface area contributed by atoms with E-state index in [4.69, 9.17) is 5.73 Å². The monoisotopic (exact) mass is 264 g/mol. The minimum Gasteiger partial charge on any atom is -0.322 e. The zero-order valence-electron chi connectivity index (χ0n) is 10.8. The van der Waals surface area contributed by atoms with Crippen LogP contribution in [0.25, 0.3) is 10.9 Å². The molecule has 0 aliphatic rings. The van der Waals surface area contributed by atoms with Gasteiger partial charge in [-0.2, -0.15) is 0 Å². The summed E-state index contributed by atoms with van der Waals surface area (Å²) in [6.07, 6.45) is 0. The molecule has 0 radical (unpaired) electrons. The van der Waals surface area contributed by atoms with Crippen LogP contribution in [0.1, 0.15) is 10.4 Å². The standard InChI is InChI=1S/C16H13N3O/c17-15-13(10-11-6-4-5-9-14(11)19-15)16(20)18-12-7-2-1-3-8-12/h1-10H,(H2,17,19)(H,18,20)/p+1. The zero-order chi connectivity index (χ0) is 13.9. The van der Waals surface area contributed by atoms with Crippen LogP contribution in [0.4, 0.5) is 11.5 Å². The van der Waals surface area contributed by atoms with Crippen molar-refractivity contribution in [3.05, 3.63) is 66.2 Å². The topological polar surface area (TPSA) is 69.3 Å². The first-order chi connectivity index (χ1) is 9.74. The Hall–Kier alpha value is -2.88. The van der Waals surface area contributed by atoms with Crippen molar-refractivity contribution in [2.24, 2.45) is 0 Å². The number of hydrogen-bond acceptors (Lipinski definition) is 2. The molecule has 98 valence electrons. The number of pyridine rings is 1. The van der Waals surface area contributed by atoms with Gasteiger partial charge in [-0.25, -0.2) is 4.98 Å². The van der Waals surface area contributed by atoms with Gasteiger partial charge in [-0.15, -0.1) is 0 Å². The van der Waals surface area contributed by atoms with Crippen LogP contribution in [0.2, 0.25) is 0 Å². The maximum absolute atomic E-state index is 12.3. The maximum Gasteiger partial charge on any atom is 0.283 e. The Morgan fingerprint density at radius 1 is 1.00 bits per heavy atom. The van der Waals surface area contributed by atoms with Crippen LogP contribution in [-0.2, 0) is 0 Å². The third-order valence-corrected chi connectivity index (χ3v) is 3.10. The number of aromatic nitrogens is 1. The lowest BCUT2D eigenvalue weighted by molar-refractivity contribution is -0.326. The predicted molar refractivity (Wildman–Crippen MR) is 79.3 cm³/mol. The van der Waals surface area contributed by atoms with E-state index in [0.29, 0.717) is 11.4 Å². The highest BCUT2D eigenvalue weighted by Gasteiger charge is 2.16. The number of hydrogen-bond donors (Lipinski definition) is 2. The number of anilines is 2. The van der Waals surface area contributed by atoms with Gasteiger partial charge in [0.1, 0.15) is 11.1 Å². The Morgan fingerprint density at radius 2 is 1.70 bits per heavy atom. The van der Waals surface area contributed by atoms with Crippen LogP contribution in [0, 0.1) is 0 Å². The largest absolute Gasteiger partial charge is 0.322 e. The molecule has 0 atom stereocenters. The predicted octanol–water partition coefficient (Wildman–Crippen LogP) is 2.49. The third kappa shape index (κ3) is 2.31. The van der Waals surface area contributed by atoms with Crippen LogP contribution in [0.15, 0.2) is 60.7 Å². The molecule has 4 heteroatoms. The lowest BCUT2D eigenvalue weighted by atomic mass is 10.1. The molecule has 0 saturated heterocycles. The number of aromatic amines is 1. The molecule has 20 heavy (non-hydrogen) atoms. The first-order valence-electron chi connectivity index (χ1n) is 6.31. The number of benzene rings is 2. The second kappa shape index (κ2) is 5.01. The molecular weight excluding hydrogens is 250 g/mol. The number of para-hydroxylation sites is 2. The van der Waals surface area contributed by atoms with Gasteiger partial charge < -0.3 is 5.32 Å². The Kier molecular flexibility index (Phi) is 3.05. The fraction of sp³-hybridized carbons (Fsp3) is 0. The van der Waals surface area contributed by atoms with Gasteiger partial charge in [0.2, 0.25) is 0 Å². The molecule has 0 aliphatic carbocycles. The highest BCUT2D eigenvalue weighted by Crippen LogP contribution is 2.16. The zero-order valence-corrected chi connectivity index (χ0v) is 10.8. The minimum absolute atomic E-state index is 0.226. The first kappa shape index (κ1) is 12.2. The van der Waals surface area contributed by atoms with Crippen molar-refractivity contribution < 1.29 is 9.78 Å². The molecule has 3 aromatic rings. The molecule has 4 nitrogen and oxygen atoms in total. The molecular formula is C16H14N3O+. The van der Waals surface area contributed by atoms with Crippen molar-refractivity contribution >= 4 is 28.3 Å². The quantitative estimate of drug-likeness (QED) is 0.746. The van der Waals surface area contributed by atoms with Gasteiger partial charge in [0.05, 0.1) is 0 Å². The van der Waals surface area contributed by atoms with Gasteiger partial charge in [-0.1, -0.05) is 36.4 Å². The highest BCUT2D eigenvalue weighted by molar-refractivity contribution is 6.08.